The Morgan fingerprint density at radius 3 is 2.28 bits per heavy atom. The Morgan fingerprint density at radius 2 is 1.59 bits per heavy atom. The Balaban J connectivity index is 2.02. The molecule has 0 aliphatic heterocycles. The third kappa shape index (κ3) is 4.55. The fraction of sp³-hybridized carbons (Fsp3) is 0.300. The van der Waals surface area contributed by atoms with Crippen LogP contribution in [0.4, 0.5) is 11.5 Å². The summed E-state index contributed by atoms with van der Waals surface area (Å²) >= 11 is 6.19. The summed E-state index contributed by atoms with van der Waals surface area (Å²) in [4.78, 5) is 8.71. The van der Waals surface area contributed by atoms with E-state index in [1.165, 1.54) is 6.33 Å². The summed E-state index contributed by atoms with van der Waals surface area (Å²) in [5.74, 6) is 2.77. The minimum Gasteiger partial charge on any atom is -0.495 e. The summed E-state index contributed by atoms with van der Waals surface area (Å²) < 4.78 is 27.0. The van der Waals surface area contributed by atoms with Crippen molar-refractivity contribution in [2.24, 2.45) is 0 Å². The Morgan fingerprint density at radius 1 is 0.828 bits per heavy atom. The van der Waals surface area contributed by atoms with Gasteiger partial charge in [0.15, 0.2) is 11.5 Å². The quantitative estimate of drug-likeness (QED) is 0.519. The van der Waals surface area contributed by atoms with Gasteiger partial charge in [-0.3, -0.25) is 0 Å². The number of nitrogens with zero attached hydrogens (tertiary/aromatic N) is 2. The third-order valence-corrected chi connectivity index (χ3v) is 4.49. The molecule has 0 spiro atoms. The van der Waals surface area contributed by atoms with Crippen molar-refractivity contribution in [3.05, 3.63) is 35.6 Å². The Bertz CT molecular complexity index is 1000. The molecule has 2 aromatic carbocycles. The molecule has 1 aromatic heterocycles. The molecule has 0 saturated carbocycles. The highest BCUT2D eigenvalue weighted by Crippen LogP contribution is 2.39. The van der Waals surface area contributed by atoms with E-state index in [-0.39, 0.29) is 0 Å². The summed E-state index contributed by atoms with van der Waals surface area (Å²) in [6, 6.07) is 7.04. The van der Waals surface area contributed by atoms with Crippen LogP contribution in [0.15, 0.2) is 30.6 Å². The summed E-state index contributed by atoms with van der Waals surface area (Å²) in [7, 11) is 6.31. The standard InChI is InChI=1S/C20H22ClN3O5/c1-25-5-6-29-19-9-14-12(7-18(19)28-4)20(23-11-22-14)24-15-10-16(26-2)13(21)8-17(15)27-3/h7-11H,5-6H2,1-4H3,(H,22,23,24). The number of aromatic nitrogens is 2. The summed E-state index contributed by atoms with van der Waals surface area (Å²) in [6.45, 7) is 0.867. The van der Waals surface area contributed by atoms with E-state index < -0.39 is 0 Å². The number of nitrogens with one attached hydrogen (secondary N) is 1. The molecular weight excluding hydrogens is 398 g/mol. The van der Waals surface area contributed by atoms with Crippen molar-refractivity contribution >= 4 is 34.0 Å². The van der Waals surface area contributed by atoms with Gasteiger partial charge in [0.05, 0.1) is 44.2 Å². The maximum atomic E-state index is 6.19. The first-order valence-electron chi connectivity index (χ1n) is 8.74. The highest BCUT2D eigenvalue weighted by molar-refractivity contribution is 6.32. The number of rotatable bonds is 9. The molecule has 0 saturated heterocycles. The van der Waals surface area contributed by atoms with Crippen LogP contribution in [0.2, 0.25) is 5.02 Å². The second kappa shape index (κ2) is 9.49. The van der Waals surface area contributed by atoms with Crippen molar-refractivity contribution in [2.75, 3.05) is 47.0 Å². The zero-order valence-corrected chi connectivity index (χ0v) is 17.4. The fourth-order valence-corrected chi connectivity index (χ4v) is 2.99. The van der Waals surface area contributed by atoms with E-state index in [4.69, 9.17) is 35.3 Å². The predicted octanol–water partition coefficient (Wildman–Crippen LogP) is 4.08. The molecule has 0 unspecified atom stereocenters. The summed E-state index contributed by atoms with van der Waals surface area (Å²) in [6.07, 6.45) is 1.47. The topological polar surface area (TPSA) is 84.0 Å². The number of hydrogen-bond acceptors (Lipinski definition) is 8. The van der Waals surface area contributed by atoms with Gasteiger partial charge in [-0.25, -0.2) is 9.97 Å². The van der Waals surface area contributed by atoms with E-state index in [1.54, 1.807) is 46.6 Å². The number of halogens is 1. The van der Waals surface area contributed by atoms with Crippen LogP contribution in [-0.2, 0) is 4.74 Å². The van der Waals surface area contributed by atoms with Gasteiger partial charge in [-0.05, 0) is 6.07 Å². The molecule has 3 aromatic rings. The Hall–Kier alpha value is -2.97. The zero-order valence-electron chi connectivity index (χ0n) is 16.6. The van der Waals surface area contributed by atoms with Gasteiger partial charge in [-0.2, -0.15) is 0 Å². The number of fused-ring (bicyclic) bond motifs is 1. The van der Waals surface area contributed by atoms with Gasteiger partial charge in [0.2, 0.25) is 0 Å². The normalized spacial score (nSPS) is 10.7. The fourth-order valence-electron chi connectivity index (χ4n) is 2.76. The molecule has 0 amide bonds. The second-order valence-corrected chi connectivity index (χ2v) is 6.30. The highest BCUT2D eigenvalue weighted by Gasteiger charge is 2.15. The number of ether oxygens (including phenoxy) is 5. The molecule has 3 rings (SSSR count). The highest BCUT2D eigenvalue weighted by atomic mass is 35.5. The lowest BCUT2D eigenvalue weighted by molar-refractivity contribution is 0.144. The molecule has 0 atom stereocenters. The number of benzene rings is 2. The lowest BCUT2D eigenvalue weighted by Crippen LogP contribution is -2.06. The van der Waals surface area contributed by atoms with E-state index in [9.17, 15) is 0 Å². The molecule has 154 valence electrons. The van der Waals surface area contributed by atoms with Crippen molar-refractivity contribution in [3.8, 4) is 23.0 Å². The SMILES string of the molecule is COCCOc1cc2ncnc(Nc3cc(OC)c(Cl)cc3OC)c2cc1OC. The van der Waals surface area contributed by atoms with Gasteiger partial charge in [0.25, 0.3) is 0 Å². The molecule has 0 radical (unpaired) electrons. The molecular formula is C20H22ClN3O5. The minimum atomic E-state index is 0.399. The maximum Gasteiger partial charge on any atom is 0.163 e. The molecule has 0 aliphatic carbocycles. The number of hydrogen-bond donors (Lipinski definition) is 1. The minimum absolute atomic E-state index is 0.399. The predicted molar refractivity (Wildman–Crippen MR) is 111 cm³/mol. The Labute approximate surface area is 173 Å². The number of methoxy groups -OCH3 is 4. The molecule has 8 nitrogen and oxygen atoms in total. The first-order chi connectivity index (χ1) is 14.1. The van der Waals surface area contributed by atoms with Gasteiger partial charge < -0.3 is 29.0 Å². The Kier molecular flexibility index (Phi) is 6.79. The van der Waals surface area contributed by atoms with Crippen LogP contribution in [0.1, 0.15) is 0 Å². The molecule has 0 aliphatic rings. The molecule has 1 heterocycles. The van der Waals surface area contributed by atoms with E-state index in [1.807, 2.05) is 6.07 Å². The third-order valence-electron chi connectivity index (χ3n) is 4.19. The summed E-state index contributed by atoms with van der Waals surface area (Å²) in [5.41, 5.74) is 1.34. The van der Waals surface area contributed by atoms with Crippen LogP contribution in [0.3, 0.4) is 0 Å². The van der Waals surface area contributed by atoms with Crippen molar-refractivity contribution in [1.82, 2.24) is 9.97 Å². The number of anilines is 2. The van der Waals surface area contributed by atoms with E-state index in [0.717, 1.165) is 5.39 Å². The van der Waals surface area contributed by atoms with E-state index >= 15 is 0 Å². The zero-order chi connectivity index (χ0) is 20.8. The van der Waals surface area contributed by atoms with E-state index in [2.05, 4.69) is 15.3 Å². The monoisotopic (exact) mass is 419 g/mol. The van der Waals surface area contributed by atoms with Crippen LogP contribution in [0.25, 0.3) is 10.9 Å². The van der Waals surface area contributed by atoms with Gasteiger partial charge in [-0.15, -0.1) is 0 Å². The lowest BCUT2D eigenvalue weighted by atomic mass is 10.2. The maximum absolute atomic E-state index is 6.19. The van der Waals surface area contributed by atoms with Crippen LogP contribution < -0.4 is 24.3 Å². The van der Waals surface area contributed by atoms with Crippen molar-refractivity contribution < 1.29 is 23.7 Å². The van der Waals surface area contributed by atoms with Crippen LogP contribution in [-0.4, -0.2) is 51.6 Å². The molecule has 1 N–H and O–H groups in total. The van der Waals surface area contributed by atoms with Crippen molar-refractivity contribution in [2.45, 2.75) is 0 Å². The van der Waals surface area contributed by atoms with E-state index in [0.29, 0.717) is 58.3 Å². The van der Waals surface area contributed by atoms with Crippen LogP contribution in [0.5, 0.6) is 23.0 Å². The average Bonchev–Trinajstić information content (AvgIpc) is 2.74. The average molecular weight is 420 g/mol. The first kappa shape index (κ1) is 20.8. The second-order valence-electron chi connectivity index (χ2n) is 5.90. The molecule has 29 heavy (non-hydrogen) atoms. The van der Waals surface area contributed by atoms with Crippen LogP contribution in [0, 0.1) is 0 Å². The first-order valence-corrected chi connectivity index (χ1v) is 9.12. The van der Waals surface area contributed by atoms with Gasteiger partial charge >= 0.3 is 0 Å². The van der Waals surface area contributed by atoms with Crippen molar-refractivity contribution in [1.29, 1.82) is 0 Å². The smallest absolute Gasteiger partial charge is 0.163 e. The van der Waals surface area contributed by atoms with Gasteiger partial charge in [-0.1, -0.05) is 11.6 Å². The van der Waals surface area contributed by atoms with Gasteiger partial charge in [0, 0.05) is 30.7 Å². The van der Waals surface area contributed by atoms with Crippen molar-refractivity contribution in [3.63, 3.8) is 0 Å². The van der Waals surface area contributed by atoms with Gasteiger partial charge in [0.1, 0.15) is 30.3 Å². The largest absolute Gasteiger partial charge is 0.495 e. The summed E-state index contributed by atoms with van der Waals surface area (Å²) in [5, 5.41) is 4.46. The molecule has 9 heteroatoms. The van der Waals surface area contributed by atoms with Crippen LogP contribution >= 0.6 is 11.6 Å². The molecule has 0 fully saturated rings. The lowest BCUT2D eigenvalue weighted by Gasteiger charge is -2.16. The molecule has 0 bridgehead atoms.